The van der Waals surface area contributed by atoms with E-state index in [2.05, 4.69) is 0 Å². The van der Waals surface area contributed by atoms with Crippen LogP contribution in [-0.4, -0.2) is 12.5 Å². The zero-order valence-electron chi connectivity index (χ0n) is 7.62. The molecule has 0 saturated heterocycles. The first-order chi connectivity index (χ1) is 6.22. The number of hydrogen-bond donors (Lipinski definition) is 1. The molecule has 0 bridgehead atoms. The highest BCUT2D eigenvalue weighted by molar-refractivity contribution is 5.69. The van der Waals surface area contributed by atoms with Crippen molar-refractivity contribution in [3.05, 3.63) is 29.8 Å². The summed E-state index contributed by atoms with van der Waals surface area (Å²) < 4.78 is 4.92. The lowest BCUT2D eigenvalue weighted by atomic mass is 10.1. The molecule has 13 heavy (non-hydrogen) atoms. The van der Waals surface area contributed by atoms with Crippen LogP contribution in [0.4, 0.5) is 0 Å². The molecule has 70 valence electrons. The Balaban J connectivity index is 2.73. The molecule has 3 heteroatoms. The van der Waals surface area contributed by atoms with Crippen LogP contribution in [0.25, 0.3) is 0 Å². The molecule has 0 atom stereocenters. The number of benzene rings is 1. The van der Waals surface area contributed by atoms with Gasteiger partial charge in [0, 0.05) is 6.92 Å². The van der Waals surface area contributed by atoms with Gasteiger partial charge in [0.2, 0.25) is 0 Å². The summed E-state index contributed by atoms with van der Waals surface area (Å²) in [6.45, 7) is 1.99. The predicted molar refractivity (Wildman–Crippen MR) is 50.5 cm³/mol. The van der Waals surface area contributed by atoms with Crippen LogP contribution in [0, 0.1) is 0 Å². The van der Waals surface area contributed by atoms with E-state index in [0.717, 1.165) is 12.0 Å². The molecular weight excluding hydrogens is 166 g/mol. The van der Waals surface area contributed by atoms with E-state index in [4.69, 9.17) is 10.5 Å². The number of carbonyl (C=O) groups is 1. The zero-order valence-corrected chi connectivity index (χ0v) is 7.62. The largest absolute Gasteiger partial charge is 0.427 e. The van der Waals surface area contributed by atoms with Crippen LogP contribution in [0.5, 0.6) is 5.75 Å². The summed E-state index contributed by atoms with van der Waals surface area (Å²) in [6, 6.07) is 7.39. The van der Waals surface area contributed by atoms with Gasteiger partial charge in [-0.15, -0.1) is 0 Å². The van der Waals surface area contributed by atoms with Crippen molar-refractivity contribution < 1.29 is 9.53 Å². The summed E-state index contributed by atoms with van der Waals surface area (Å²) in [4.78, 5) is 10.6. The Morgan fingerprint density at radius 2 is 2.31 bits per heavy atom. The number of rotatable bonds is 3. The Labute approximate surface area is 77.5 Å². The number of hydrogen-bond acceptors (Lipinski definition) is 3. The van der Waals surface area contributed by atoms with Crippen molar-refractivity contribution in [2.45, 2.75) is 13.3 Å². The van der Waals surface area contributed by atoms with Gasteiger partial charge < -0.3 is 10.5 Å². The summed E-state index contributed by atoms with van der Waals surface area (Å²) >= 11 is 0. The highest BCUT2D eigenvalue weighted by Crippen LogP contribution is 2.13. The SMILES string of the molecule is CC(=O)Oc1cccc(CCN)c1. The fourth-order valence-electron chi connectivity index (χ4n) is 1.10. The molecule has 0 unspecified atom stereocenters. The van der Waals surface area contributed by atoms with Crippen LogP contribution >= 0.6 is 0 Å². The van der Waals surface area contributed by atoms with Gasteiger partial charge in [-0.25, -0.2) is 0 Å². The van der Waals surface area contributed by atoms with Crippen molar-refractivity contribution in [2.75, 3.05) is 6.54 Å². The van der Waals surface area contributed by atoms with Gasteiger partial charge in [-0.3, -0.25) is 4.79 Å². The Kier molecular flexibility index (Phi) is 3.46. The lowest BCUT2D eigenvalue weighted by molar-refractivity contribution is -0.131. The molecule has 0 aliphatic carbocycles. The first kappa shape index (κ1) is 9.74. The summed E-state index contributed by atoms with van der Waals surface area (Å²) in [5, 5.41) is 0. The van der Waals surface area contributed by atoms with E-state index in [1.165, 1.54) is 6.92 Å². The smallest absolute Gasteiger partial charge is 0.308 e. The molecule has 2 N–H and O–H groups in total. The normalized spacial score (nSPS) is 9.69. The number of carbonyl (C=O) groups excluding carboxylic acids is 1. The van der Waals surface area contributed by atoms with E-state index in [0.29, 0.717) is 12.3 Å². The van der Waals surface area contributed by atoms with E-state index in [-0.39, 0.29) is 5.97 Å². The van der Waals surface area contributed by atoms with Crippen LogP contribution in [0.3, 0.4) is 0 Å². The fraction of sp³-hybridized carbons (Fsp3) is 0.300. The Morgan fingerprint density at radius 3 is 2.92 bits per heavy atom. The van der Waals surface area contributed by atoms with Crippen LogP contribution in [-0.2, 0) is 11.2 Å². The molecule has 3 nitrogen and oxygen atoms in total. The average molecular weight is 179 g/mol. The maximum atomic E-state index is 10.6. The molecule has 0 amide bonds. The van der Waals surface area contributed by atoms with Crippen molar-refractivity contribution >= 4 is 5.97 Å². The summed E-state index contributed by atoms with van der Waals surface area (Å²) in [6.07, 6.45) is 0.801. The second-order valence-corrected chi connectivity index (χ2v) is 2.78. The number of nitrogens with two attached hydrogens (primary N) is 1. The molecule has 1 aromatic carbocycles. The highest BCUT2D eigenvalue weighted by atomic mass is 16.5. The van der Waals surface area contributed by atoms with E-state index in [1.54, 1.807) is 6.07 Å². The standard InChI is InChI=1S/C10H13NO2/c1-8(12)13-10-4-2-3-9(7-10)5-6-11/h2-4,7H,5-6,11H2,1H3. The van der Waals surface area contributed by atoms with E-state index >= 15 is 0 Å². The van der Waals surface area contributed by atoms with Gasteiger partial charge in [-0.1, -0.05) is 12.1 Å². The Hall–Kier alpha value is -1.35. The zero-order chi connectivity index (χ0) is 9.68. The number of ether oxygens (including phenoxy) is 1. The lowest BCUT2D eigenvalue weighted by Crippen LogP contribution is -2.04. The van der Waals surface area contributed by atoms with Crippen molar-refractivity contribution in [1.82, 2.24) is 0 Å². The molecule has 1 rings (SSSR count). The molecule has 0 fully saturated rings. The van der Waals surface area contributed by atoms with Crippen LogP contribution in [0.2, 0.25) is 0 Å². The molecule has 1 aromatic rings. The van der Waals surface area contributed by atoms with Gasteiger partial charge in [-0.05, 0) is 30.7 Å². The monoisotopic (exact) mass is 179 g/mol. The van der Waals surface area contributed by atoms with E-state index in [1.807, 2.05) is 18.2 Å². The second-order valence-electron chi connectivity index (χ2n) is 2.78. The third-order valence-corrected chi connectivity index (χ3v) is 1.59. The molecule has 0 saturated carbocycles. The number of esters is 1. The van der Waals surface area contributed by atoms with Gasteiger partial charge in [-0.2, -0.15) is 0 Å². The van der Waals surface area contributed by atoms with E-state index in [9.17, 15) is 4.79 Å². The van der Waals surface area contributed by atoms with Gasteiger partial charge in [0.15, 0.2) is 0 Å². The predicted octanol–water partition coefficient (Wildman–Crippen LogP) is 1.11. The quantitative estimate of drug-likeness (QED) is 0.558. The second kappa shape index (κ2) is 4.62. The first-order valence-electron chi connectivity index (χ1n) is 4.20. The molecule has 0 aromatic heterocycles. The summed E-state index contributed by atoms with van der Waals surface area (Å²) in [7, 11) is 0. The van der Waals surface area contributed by atoms with Gasteiger partial charge >= 0.3 is 5.97 Å². The van der Waals surface area contributed by atoms with Gasteiger partial charge in [0.1, 0.15) is 5.75 Å². The minimum absolute atomic E-state index is 0.301. The van der Waals surface area contributed by atoms with Crippen molar-refractivity contribution in [3.8, 4) is 5.75 Å². The Morgan fingerprint density at radius 1 is 1.54 bits per heavy atom. The molecule has 0 aliphatic heterocycles. The third-order valence-electron chi connectivity index (χ3n) is 1.59. The minimum Gasteiger partial charge on any atom is -0.427 e. The first-order valence-corrected chi connectivity index (χ1v) is 4.20. The van der Waals surface area contributed by atoms with Crippen LogP contribution in [0.1, 0.15) is 12.5 Å². The maximum absolute atomic E-state index is 10.6. The molecule has 0 aliphatic rings. The Bertz CT molecular complexity index is 297. The maximum Gasteiger partial charge on any atom is 0.308 e. The molecule has 0 heterocycles. The van der Waals surface area contributed by atoms with Gasteiger partial charge in [0.25, 0.3) is 0 Å². The van der Waals surface area contributed by atoms with Crippen molar-refractivity contribution in [2.24, 2.45) is 5.73 Å². The van der Waals surface area contributed by atoms with Crippen LogP contribution in [0.15, 0.2) is 24.3 Å². The fourth-order valence-corrected chi connectivity index (χ4v) is 1.10. The van der Waals surface area contributed by atoms with Crippen molar-refractivity contribution in [1.29, 1.82) is 0 Å². The third kappa shape index (κ3) is 3.25. The highest BCUT2D eigenvalue weighted by Gasteiger charge is 1.98. The topological polar surface area (TPSA) is 52.3 Å². The molecular formula is C10H13NO2. The molecule has 0 radical (unpaired) electrons. The van der Waals surface area contributed by atoms with Gasteiger partial charge in [0.05, 0.1) is 0 Å². The van der Waals surface area contributed by atoms with E-state index < -0.39 is 0 Å². The summed E-state index contributed by atoms with van der Waals surface area (Å²) in [5.41, 5.74) is 6.49. The molecule has 0 spiro atoms. The minimum atomic E-state index is -0.301. The lowest BCUT2D eigenvalue weighted by Gasteiger charge is -2.03. The summed E-state index contributed by atoms with van der Waals surface area (Å²) in [5.74, 6) is 0.281. The average Bonchev–Trinajstić information content (AvgIpc) is 2.04. The van der Waals surface area contributed by atoms with Crippen LogP contribution < -0.4 is 10.5 Å². The van der Waals surface area contributed by atoms with Crippen molar-refractivity contribution in [3.63, 3.8) is 0 Å².